The maximum absolute atomic E-state index is 9.06. The zero-order valence-corrected chi connectivity index (χ0v) is 9.13. The first kappa shape index (κ1) is 10.7. The highest BCUT2D eigenvalue weighted by atomic mass is 14.4. The largest absolute Gasteiger partial charge is 0.198 e. The molecule has 1 saturated carbocycles. The van der Waals surface area contributed by atoms with E-state index in [0.717, 1.165) is 19.3 Å². The van der Waals surface area contributed by atoms with Crippen LogP contribution in [0.25, 0.3) is 0 Å². The lowest BCUT2D eigenvalue weighted by Gasteiger charge is -2.28. The molecule has 0 N–H and O–H groups in total. The van der Waals surface area contributed by atoms with Gasteiger partial charge in [0.25, 0.3) is 0 Å². The summed E-state index contributed by atoms with van der Waals surface area (Å²) in [5, 5.41) is 18.0. The molecule has 1 aliphatic rings. The molecule has 1 aliphatic carbocycles. The second-order valence-corrected chi connectivity index (χ2v) is 4.39. The Morgan fingerprint density at radius 1 is 0.938 bits per heavy atom. The number of hydrogen-bond acceptors (Lipinski definition) is 2. The summed E-state index contributed by atoms with van der Waals surface area (Å²) in [5.74, 6) is 0.296. The third kappa shape index (κ3) is 2.07. The summed E-state index contributed by atoms with van der Waals surface area (Å²) in [7, 11) is 0. The van der Waals surface area contributed by atoms with Crippen molar-refractivity contribution >= 4 is 0 Å². The number of rotatable bonds is 1. The van der Waals surface area contributed by atoms with Crippen LogP contribution in [0.1, 0.15) is 30.7 Å². The average molecular weight is 210 g/mol. The van der Waals surface area contributed by atoms with Gasteiger partial charge >= 0.3 is 0 Å². The van der Waals surface area contributed by atoms with Gasteiger partial charge in [-0.25, -0.2) is 0 Å². The van der Waals surface area contributed by atoms with Crippen molar-refractivity contribution in [1.82, 2.24) is 0 Å². The number of benzene rings is 1. The molecule has 0 aliphatic heterocycles. The van der Waals surface area contributed by atoms with Crippen molar-refractivity contribution in [1.29, 1.82) is 10.5 Å². The van der Waals surface area contributed by atoms with Crippen LogP contribution in [0.15, 0.2) is 30.3 Å². The van der Waals surface area contributed by atoms with Gasteiger partial charge in [-0.2, -0.15) is 10.5 Å². The highest BCUT2D eigenvalue weighted by molar-refractivity contribution is 5.21. The van der Waals surface area contributed by atoms with Crippen LogP contribution >= 0.6 is 0 Å². The third-order valence-electron chi connectivity index (χ3n) is 3.45. The molecule has 1 aromatic rings. The molecule has 0 aromatic heterocycles. The molecule has 0 saturated heterocycles. The van der Waals surface area contributed by atoms with E-state index in [4.69, 9.17) is 10.5 Å². The standard InChI is InChI=1S/C14H14N2/c15-9-13-7-6-12(8-14(13)10-16)11-4-2-1-3-5-11/h1-5,12-14H,6-8H2. The highest BCUT2D eigenvalue weighted by Gasteiger charge is 2.30. The first-order chi connectivity index (χ1) is 7.85. The smallest absolute Gasteiger partial charge is 0.0669 e. The van der Waals surface area contributed by atoms with E-state index in [0.29, 0.717) is 5.92 Å². The molecule has 0 heterocycles. The second-order valence-electron chi connectivity index (χ2n) is 4.39. The van der Waals surface area contributed by atoms with Crippen LogP contribution in [0.2, 0.25) is 0 Å². The van der Waals surface area contributed by atoms with Crippen molar-refractivity contribution < 1.29 is 0 Å². The van der Waals surface area contributed by atoms with Gasteiger partial charge in [-0.05, 0) is 30.7 Å². The molecular weight excluding hydrogens is 196 g/mol. The maximum atomic E-state index is 9.06. The first-order valence-electron chi connectivity index (χ1n) is 5.69. The minimum atomic E-state index is -0.0936. The summed E-state index contributed by atoms with van der Waals surface area (Å²) in [5.41, 5.74) is 1.30. The minimum Gasteiger partial charge on any atom is -0.198 e. The van der Waals surface area contributed by atoms with E-state index in [1.54, 1.807) is 0 Å². The Hall–Kier alpha value is -1.80. The molecule has 3 unspecified atom stereocenters. The minimum absolute atomic E-state index is 0.0648. The fourth-order valence-electron chi connectivity index (χ4n) is 2.50. The molecule has 0 radical (unpaired) electrons. The Bertz CT molecular complexity index is 424. The second kappa shape index (κ2) is 4.81. The lowest BCUT2D eigenvalue weighted by Crippen LogP contribution is -2.21. The molecular formula is C14H14N2. The van der Waals surface area contributed by atoms with E-state index in [9.17, 15) is 0 Å². The van der Waals surface area contributed by atoms with Crippen molar-refractivity contribution in [2.75, 3.05) is 0 Å². The normalized spacial score (nSPS) is 29.0. The molecule has 2 nitrogen and oxygen atoms in total. The van der Waals surface area contributed by atoms with Gasteiger partial charge in [-0.3, -0.25) is 0 Å². The van der Waals surface area contributed by atoms with Crippen LogP contribution in [-0.4, -0.2) is 0 Å². The average Bonchev–Trinajstić information content (AvgIpc) is 2.39. The van der Waals surface area contributed by atoms with Gasteiger partial charge in [0.05, 0.1) is 24.0 Å². The summed E-state index contributed by atoms with van der Waals surface area (Å²) < 4.78 is 0. The van der Waals surface area contributed by atoms with Crippen molar-refractivity contribution in [3.63, 3.8) is 0 Å². The Labute approximate surface area is 96.1 Å². The third-order valence-corrected chi connectivity index (χ3v) is 3.45. The van der Waals surface area contributed by atoms with Gasteiger partial charge in [0, 0.05) is 0 Å². The zero-order valence-electron chi connectivity index (χ0n) is 9.13. The van der Waals surface area contributed by atoms with Crippen molar-refractivity contribution in [3.8, 4) is 12.1 Å². The van der Waals surface area contributed by atoms with Gasteiger partial charge in [0.2, 0.25) is 0 Å². The SMILES string of the molecule is N#CC1CCC(c2ccccc2)CC1C#N. The van der Waals surface area contributed by atoms with Crippen LogP contribution in [0.5, 0.6) is 0 Å². The number of nitriles is 2. The van der Waals surface area contributed by atoms with E-state index < -0.39 is 0 Å². The summed E-state index contributed by atoms with van der Waals surface area (Å²) in [6.07, 6.45) is 2.72. The summed E-state index contributed by atoms with van der Waals surface area (Å²) in [6, 6.07) is 14.8. The van der Waals surface area contributed by atoms with Crippen LogP contribution < -0.4 is 0 Å². The predicted molar refractivity (Wildman–Crippen MR) is 61.2 cm³/mol. The van der Waals surface area contributed by atoms with Gasteiger partial charge < -0.3 is 0 Å². The lowest BCUT2D eigenvalue weighted by atomic mass is 9.73. The molecule has 1 fully saturated rings. The molecule has 0 amide bonds. The Morgan fingerprint density at radius 2 is 1.62 bits per heavy atom. The zero-order chi connectivity index (χ0) is 11.4. The number of nitrogens with zero attached hydrogens (tertiary/aromatic N) is 2. The van der Waals surface area contributed by atoms with E-state index >= 15 is 0 Å². The predicted octanol–water partition coefficient (Wildman–Crippen LogP) is 3.23. The van der Waals surface area contributed by atoms with Crippen LogP contribution in [0.3, 0.4) is 0 Å². The fraction of sp³-hybridized carbons (Fsp3) is 0.429. The van der Waals surface area contributed by atoms with E-state index in [-0.39, 0.29) is 11.8 Å². The Morgan fingerprint density at radius 3 is 2.25 bits per heavy atom. The van der Waals surface area contributed by atoms with E-state index in [2.05, 4.69) is 24.3 Å². The van der Waals surface area contributed by atoms with E-state index in [1.807, 2.05) is 18.2 Å². The summed E-state index contributed by atoms with van der Waals surface area (Å²) in [6.45, 7) is 0. The van der Waals surface area contributed by atoms with Gasteiger partial charge in [-0.15, -0.1) is 0 Å². The first-order valence-corrected chi connectivity index (χ1v) is 5.69. The summed E-state index contributed by atoms with van der Waals surface area (Å²) >= 11 is 0. The molecule has 80 valence electrons. The van der Waals surface area contributed by atoms with Crippen molar-refractivity contribution in [3.05, 3.63) is 35.9 Å². The van der Waals surface area contributed by atoms with Gasteiger partial charge in [0.15, 0.2) is 0 Å². The number of hydrogen-bond donors (Lipinski definition) is 0. The summed E-state index contributed by atoms with van der Waals surface area (Å²) in [4.78, 5) is 0. The van der Waals surface area contributed by atoms with Crippen LogP contribution in [0, 0.1) is 34.5 Å². The molecule has 3 atom stereocenters. The van der Waals surface area contributed by atoms with Crippen molar-refractivity contribution in [2.24, 2.45) is 11.8 Å². The lowest BCUT2D eigenvalue weighted by molar-refractivity contribution is 0.316. The van der Waals surface area contributed by atoms with Gasteiger partial charge in [0.1, 0.15) is 0 Å². The van der Waals surface area contributed by atoms with Crippen LogP contribution in [0.4, 0.5) is 0 Å². The molecule has 0 bridgehead atoms. The molecule has 16 heavy (non-hydrogen) atoms. The highest BCUT2D eigenvalue weighted by Crippen LogP contribution is 2.38. The quantitative estimate of drug-likeness (QED) is 0.714. The Balaban J connectivity index is 2.12. The monoisotopic (exact) mass is 210 g/mol. The van der Waals surface area contributed by atoms with Gasteiger partial charge in [-0.1, -0.05) is 30.3 Å². The fourth-order valence-corrected chi connectivity index (χ4v) is 2.50. The van der Waals surface area contributed by atoms with E-state index in [1.165, 1.54) is 5.56 Å². The molecule has 2 rings (SSSR count). The molecule has 0 spiro atoms. The molecule has 2 heteroatoms. The topological polar surface area (TPSA) is 47.6 Å². The molecule has 1 aromatic carbocycles. The van der Waals surface area contributed by atoms with Crippen LogP contribution in [-0.2, 0) is 0 Å². The Kier molecular flexibility index (Phi) is 3.22. The van der Waals surface area contributed by atoms with Crippen molar-refractivity contribution in [2.45, 2.75) is 25.2 Å². The maximum Gasteiger partial charge on any atom is 0.0669 e.